The first-order chi connectivity index (χ1) is 17.1. The van der Waals surface area contributed by atoms with Gasteiger partial charge in [0.05, 0.1) is 38.6 Å². The average molecular weight is 535 g/mol. The van der Waals surface area contributed by atoms with Crippen LogP contribution in [-0.4, -0.2) is 52.4 Å². The maximum Gasteiger partial charge on any atom is 0.192 e. The Hall–Kier alpha value is -1.51. The highest BCUT2D eigenvalue weighted by atomic mass is 28.4. The van der Waals surface area contributed by atoms with E-state index in [1.807, 2.05) is 45.0 Å². The van der Waals surface area contributed by atoms with E-state index in [0.717, 1.165) is 24.0 Å². The summed E-state index contributed by atoms with van der Waals surface area (Å²) in [7, 11) is -0.343. The average Bonchev–Trinajstić information content (AvgIpc) is 2.79. The van der Waals surface area contributed by atoms with Crippen molar-refractivity contribution < 1.29 is 28.2 Å². The van der Waals surface area contributed by atoms with Crippen LogP contribution < -0.4 is 4.74 Å². The van der Waals surface area contributed by atoms with Gasteiger partial charge in [-0.1, -0.05) is 58.4 Å². The first kappa shape index (κ1) is 31.7. The maximum absolute atomic E-state index is 11.5. The third-order valence-corrected chi connectivity index (χ3v) is 12.1. The van der Waals surface area contributed by atoms with Gasteiger partial charge < -0.3 is 28.2 Å². The largest absolute Gasteiger partial charge is 0.497 e. The first-order valence-corrected chi connectivity index (χ1v) is 16.4. The molecule has 37 heavy (non-hydrogen) atoms. The summed E-state index contributed by atoms with van der Waals surface area (Å²) < 4.78 is 30.6. The monoisotopic (exact) mass is 534 g/mol. The fourth-order valence-corrected chi connectivity index (χ4v) is 5.74. The van der Waals surface area contributed by atoms with E-state index in [1.54, 1.807) is 7.11 Å². The molecule has 0 N–H and O–H groups in total. The first-order valence-electron chi connectivity index (χ1n) is 13.4. The topological polar surface area (TPSA) is 63.2 Å². The van der Waals surface area contributed by atoms with Gasteiger partial charge in [0.15, 0.2) is 14.1 Å². The third-order valence-electron chi connectivity index (χ3n) is 7.61. The zero-order valence-corrected chi connectivity index (χ0v) is 25.9. The standard InChI is InChI=1S/C30H50O6Si/c1-21(17-27-23(3)28(22(2)18-31)35-30(7,8)34-27)16-26(36-37(10,11)29(4,5)6)20-33-19-24-12-14-25(32-9)15-13-24/h12-15,17-18,22-23,26-28H,16,19-20H2,1-11H3/b21-17+/t22-,23-,26+,27-,28-/m1/s1. The van der Waals surface area contributed by atoms with Gasteiger partial charge in [-0.3, -0.25) is 0 Å². The van der Waals surface area contributed by atoms with Crippen molar-refractivity contribution in [1.82, 2.24) is 0 Å². The summed E-state index contributed by atoms with van der Waals surface area (Å²) in [6, 6.07) is 7.95. The van der Waals surface area contributed by atoms with Crippen molar-refractivity contribution in [3.8, 4) is 5.75 Å². The van der Waals surface area contributed by atoms with E-state index in [9.17, 15) is 4.79 Å². The van der Waals surface area contributed by atoms with Crippen LogP contribution in [0.25, 0.3) is 0 Å². The van der Waals surface area contributed by atoms with Gasteiger partial charge in [-0.05, 0) is 63.0 Å². The Bertz CT molecular complexity index is 886. The molecule has 0 aliphatic carbocycles. The Morgan fingerprint density at radius 3 is 2.32 bits per heavy atom. The number of hydrogen-bond acceptors (Lipinski definition) is 6. The molecule has 0 aromatic heterocycles. The normalized spacial score (nSPS) is 24.4. The van der Waals surface area contributed by atoms with Crippen molar-refractivity contribution in [3.63, 3.8) is 0 Å². The smallest absolute Gasteiger partial charge is 0.192 e. The van der Waals surface area contributed by atoms with E-state index >= 15 is 0 Å². The zero-order valence-electron chi connectivity index (χ0n) is 24.9. The minimum absolute atomic E-state index is 0.0502. The predicted molar refractivity (Wildman–Crippen MR) is 151 cm³/mol. The van der Waals surface area contributed by atoms with E-state index < -0.39 is 14.1 Å². The molecule has 1 aliphatic heterocycles. The minimum Gasteiger partial charge on any atom is -0.497 e. The van der Waals surface area contributed by atoms with E-state index in [1.165, 1.54) is 5.57 Å². The number of ether oxygens (including phenoxy) is 4. The number of carbonyl (C=O) groups excluding carboxylic acids is 1. The summed E-state index contributed by atoms with van der Waals surface area (Å²) in [6.45, 7) is 22.3. The van der Waals surface area contributed by atoms with Gasteiger partial charge in [-0.15, -0.1) is 0 Å². The molecule has 5 atom stereocenters. The Labute approximate surface area is 226 Å². The van der Waals surface area contributed by atoms with Crippen molar-refractivity contribution in [3.05, 3.63) is 41.5 Å². The Balaban J connectivity index is 2.16. The highest BCUT2D eigenvalue weighted by Crippen LogP contribution is 2.39. The Kier molecular flexibility index (Phi) is 11.2. The number of hydrogen-bond donors (Lipinski definition) is 0. The van der Waals surface area contributed by atoms with Gasteiger partial charge in [0.2, 0.25) is 0 Å². The molecule has 2 rings (SSSR count). The molecule has 0 bridgehead atoms. The lowest BCUT2D eigenvalue weighted by molar-refractivity contribution is -0.314. The van der Waals surface area contributed by atoms with E-state index in [-0.39, 0.29) is 35.2 Å². The third kappa shape index (κ3) is 9.32. The summed E-state index contributed by atoms with van der Waals surface area (Å²) in [4.78, 5) is 11.5. The fourth-order valence-electron chi connectivity index (χ4n) is 4.40. The number of methoxy groups -OCH3 is 1. The molecule has 1 heterocycles. The molecule has 1 aromatic carbocycles. The molecule has 1 aromatic rings. The summed E-state index contributed by atoms with van der Waals surface area (Å²) in [5.41, 5.74) is 2.28. The minimum atomic E-state index is -2.01. The van der Waals surface area contributed by atoms with Gasteiger partial charge in [-0.2, -0.15) is 0 Å². The van der Waals surface area contributed by atoms with Gasteiger partial charge in [0.1, 0.15) is 12.0 Å². The van der Waals surface area contributed by atoms with Crippen LogP contribution in [0.15, 0.2) is 35.9 Å². The number of benzene rings is 1. The summed E-state index contributed by atoms with van der Waals surface area (Å²) in [5.74, 6) is -0.0696. The van der Waals surface area contributed by atoms with Crippen LogP contribution in [0.1, 0.15) is 67.4 Å². The molecule has 0 spiro atoms. The predicted octanol–water partition coefficient (Wildman–Crippen LogP) is 6.93. The molecule has 7 heteroatoms. The molecule has 0 unspecified atom stereocenters. The molecule has 210 valence electrons. The van der Waals surface area contributed by atoms with E-state index in [2.05, 4.69) is 53.8 Å². The van der Waals surface area contributed by atoms with Crippen LogP contribution in [0.2, 0.25) is 18.1 Å². The highest BCUT2D eigenvalue weighted by molar-refractivity contribution is 6.74. The van der Waals surface area contributed by atoms with Crippen LogP contribution in [0.4, 0.5) is 0 Å². The van der Waals surface area contributed by atoms with Crippen LogP contribution in [-0.2, 0) is 30.0 Å². The molecule has 1 aliphatic rings. The number of aldehydes is 1. The van der Waals surface area contributed by atoms with Gasteiger partial charge in [-0.25, -0.2) is 0 Å². The van der Waals surface area contributed by atoms with Crippen LogP contribution in [0, 0.1) is 11.8 Å². The molecule has 1 saturated heterocycles. The Morgan fingerprint density at radius 2 is 1.78 bits per heavy atom. The van der Waals surface area contributed by atoms with Crippen LogP contribution in [0.5, 0.6) is 5.75 Å². The summed E-state index contributed by atoms with van der Waals surface area (Å²) in [6.07, 6.45) is 3.50. The quantitative estimate of drug-likeness (QED) is 0.165. The zero-order chi connectivity index (χ0) is 28.0. The van der Waals surface area contributed by atoms with Gasteiger partial charge in [0.25, 0.3) is 0 Å². The SMILES string of the molecule is COc1ccc(COC[C@H](C/C(C)=C/[C@H]2OC(C)(C)O[C@H]([C@H](C)C=O)[C@@H]2C)O[Si](C)(C)C(C)(C)C)cc1. The van der Waals surface area contributed by atoms with Crippen molar-refractivity contribution in [2.24, 2.45) is 11.8 Å². The Morgan fingerprint density at radius 1 is 1.16 bits per heavy atom. The molecule has 0 radical (unpaired) electrons. The second-order valence-corrected chi connectivity index (χ2v) is 17.3. The van der Waals surface area contributed by atoms with Crippen molar-refractivity contribution in [2.75, 3.05) is 13.7 Å². The number of rotatable bonds is 12. The van der Waals surface area contributed by atoms with E-state index in [0.29, 0.717) is 13.2 Å². The van der Waals surface area contributed by atoms with E-state index in [4.69, 9.17) is 23.4 Å². The molecule has 0 amide bonds. The second-order valence-electron chi connectivity index (χ2n) is 12.5. The van der Waals surface area contributed by atoms with Crippen LogP contribution >= 0.6 is 0 Å². The summed E-state index contributed by atoms with van der Waals surface area (Å²) >= 11 is 0. The lowest BCUT2D eigenvalue weighted by Gasteiger charge is -2.45. The molecular formula is C30H50O6Si. The maximum atomic E-state index is 11.5. The highest BCUT2D eigenvalue weighted by Gasteiger charge is 2.43. The molecular weight excluding hydrogens is 484 g/mol. The molecule has 6 nitrogen and oxygen atoms in total. The lowest BCUT2D eigenvalue weighted by atomic mass is 9.87. The van der Waals surface area contributed by atoms with Crippen molar-refractivity contribution in [2.45, 2.75) is 111 Å². The van der Waals surface area contributed by atoms with Crippen molar-refractivity contribution >= 4 is 14.6 Å². The lowest BCUT2D eigenvalue weighted by Crippen LogP contribution is -2.52. The van der Waals surface area contributed by atoms with Crippen LogP contribution in [0.3, 0.4) is 0 Å². The second kappa shape index (κ2) is 13.0. The fraction of sp³-hybridized carbons (Fsp3) is 0.700. The summed E-state index contributed by atoms with van der Waals surface area (Å²) in [5, 5.41) is 0.0966. The molecule has 1 fully saturated rings. The van der Waals surface area contributed by atoms with Gasteiger partial charge >= 0.3 is 0 Å². The van der Waals surface area contributed by atoms with Gasteiger partial charge in [0, 0.05) is 11.8 Å². The van der Waals surface area contributed by atoms with Crippen molar-refractivity contribution in [1.29, 1.82) is 0 Å². The molecule has 0 saturated carbocycles. The number of carbonyl (C=O) groups is 1.